The minimum absolute atomic E-state index is 0.217. The van der Waals surface area contributed by atoms with Crippen LogP contribution in [0, 0.1) is 13.8 Å². The van der Waals surface area contributed by atoms with E-state index in [4.69, 9.17) is 9.73 Å². The molecule has 0 amide bonds. The molecule has 7 nitrogen and oxygen atoms in total. The van der Waals surface area contributed by atoms with Gasteiger partial charge in [0, 0.05) is 37.9 Å². The number of nitrogens with zero attached hydrogens (tertiary/aromatic N) is 4. The molecule has 1 aromatic rings. The number of hydrogen-bond acceptors (Lipinski definition) is 4. The Morgan fingerprint density at radius 3 is 3.04 bits per heavy atom. The molecule has 2 N–H and O–H groups in total. The van der Waals surface area contributed by atoms with Gasteiger partial charge in [-0.05, 0) is 52.6 Å². The summed E-state index contributed by atoms with van der Waals surface area (Å²) in [5.41, 5.74) is 2.30. The molecule has 0 spiro atoms. The highest BCUT2D eigenvalue weighted by Crippen LogP contribution is 2.22. The average molecular weight is 363 g/mol. The second-order valence-electron chi connectivity index (χ2n) is 7.40. The summed E-state index contributed by atoms with van der Waals surface area (Å²) < 4.78 is 8.08. The predicted octanol–water partition coefficient (Wildman–Crippen LogP) is 1.31. The highest BCUT2D eigenvalue weighted by atomic mass is 16.5. The zero-order chi connectivity index (χ0) is 18.4. The van der Waals surface area contributed by atoms with E-state index in [1.165, 1.54) is 25.1 Å². The number of aliphatic imine (C=N–C) groups is 1. The molecule has 146 valence electrons. The molecule has 0 saturated carbocycles. The van der Waals surface area contributed by atoms with Crippen molar-refractivity contribution in [3.05, 3.63) is 17.5 Å². The maximum atomic E-state index is 6.00. The van der Waals surface area contributed by atoms with Gasteiger partial charge >= 0.3 is 0 Å². The normalized spacial score (nSPS) is 23.9. The molecule has 2 saturated heterocycles. The van der Waals surface area contributed by atoms with Crippen LogP contribution in [0.2, 0.25) is 0 Å². The van der Waals surface area contributed by atoms with Gasteiger partial charge in [0.25, 0.3) is 0 Å². The lowest BCUT2D eigenvalue weighted by molar-refractivity contribution is -0.0432. The van der Waals surface area contributed by atoms with E-state index in [0.717, 1.165) is 57.4 Å². The molecule has 1 aromatic heterocycles. The molecule has 2 aliphatic heterocycles. The van der Waals surface area contributed by atoms with E-state index in [1.807, 2.05) is 6.92 Å². The monoisotopic (exact) mass is 362 g/mol. The lowest BCUT2D eigenvalue weighted by Gasteiger charge is -2.34. The van der Waals surface area contributed by atoms with E-state index < -0.39 is 0 Å². The maximum Gasteiger partial charge on any atom is 0.191 e. The fourth-order valence-corrected chi connectivity index (χ4v) is 3.87. The highest BCUT2D eigenvalue weighted by molar-refractivity contribution is 5.79. The minimum Gasteiger partial charge on any atom is -0.373 e. The van der Waals surface area contributed by atoms with Gasteiger partial charge in [-0.1, -0.05) is 0 Å². The molecule has 26 heavy (non-hydrogen) atoms. The van der Waals surface area contributed by atoms with Crippen molar-refractivity contribution in [1.82, 2.24) is 25.3 Å². The van der Waals surface area contributed by atoms with E-state index in [0.29, 0.717) is 6.04 Å². The van der Waals surface area contributed by atoms with Crippen molar-refractivity contribution < 1.29 is 4.74 Å². The van der Waals surface area contributed by atoms with Crippen LogP contribution >= 0.6 is 0 Å². The van der Waals surface area contributed by atoms with Crippen molar-refractivity contribution in [3.63, 3.8) is 0 Å². The molecule has 0 aliphatic carbocycles. The summed E-state index contributed by atoms with van der Waals surface area (Å²) in [4.78, 5) is 7.31. The Balaban J connectivity index is 1.41. The Morgan fingerprint density at radius 1 is 1.38 bits per heavy atom. The van der Waals surface area contributed by atoms with Gasteiger partial charge in [0.2, 0.25) is 0 Å². The highest BCUT2D eigenvalue weighted by Gasteiger charge is 2.31. The van der Waals surface area contributed by atoms with Crippen molar-refractivity contribution in [2.45, 2.75) is 58.7 Å². The van der Waals surface area contributed by atoms with E-state index >= 15 is 0 Å². The zero-order valence-electron chi connectivity index (χ0n) is 16.5. The molecule has 3 rings (SSSR count). The second-order valence-corrected chi connectivity index (χ2v) is 7.40. The Bertz CT molecular complexity index is 599. The first-order chi connectivity index (χ1) is 12.7. The van der Waals surface area contributed by atoms with Gasteiger partial charge < -0.3 is 15.4 Å². The van der Waals surface area contributed by atoms with Crippen molar-refractivity contribution in [1.29, 1.82) is 0 Å². The second kappa shape index (κ2) is 9.37. The summed E-state index contributed by atoms with van der Waals surface area (Å²) >= 11 is 0. The summed E-state index contributed by atoms with van der Waals surface area (Å²) in [6, 6.07) is 2.77. The van der Waals surface area contributed by atoms with Gasteiger partial charge in [0.1, 0.15) is 0 Å². The third-order valence-electron chi connectivity index (χ3n) is 5.20. The van der Waals surface area contributed by atoms with Crippen molar-refractivity contribution in [2.24, 2.45) is 4.99 Å². The fourth-order valence-electron chi connectivity index (χ4n) is 3.87. The zero-order valence-corrected chi connectivity index (χ0v) is 16.5. The SMILES string of the molecule is CCNC(=NCC1CN2CCCC2CO1)NCCCn1nc(C)cc1C. The van der Waals surface area contributed by atoms with Gasteiger partial charge in [0.15, 0.2) is 5.96 Å². The molecular weight excluding hydrogens is 328 g/mol. The third kappa shape index (κ3) is 5.20. The number of aromatic nitrogens is 2. The molecule has 2 fully saturated rings. The third-order valence-corrected chi connectivity index (χ3v) is 5.20. The molecule has 2 aliphatic rings. The summed E-state index contributed by atoms with van der Waals surface area (Å²) in [5, 5.41) is 11.3. The molecule has 0 bridgehead atoms. The Morgan fingerprint density at radius 2 is 2.27 bits per heavy atom. The van der Waals surface area contributed by atoms with Gasteiger partial charge in [-0.3, -0.25) is 14.6 Å². The first-order valence-corrected chi connectivity index (χ1v) is 10.0. The van der Waals surface area contributed by atoms with E-state index in [-0.39, 0.29) is 6.10 Å². The number of hydrogen-bond donors (Lipinski definition) is 2. The van der Waals surface area contributed by atoms with Crippen molar-refractivity contribution in [3.8, 4) is 0 Å². The first-order valence-electron chi connectivity index (χ1n) is 10.0. The lowest BCUT2D eigenvalue weighted by Crippen LogP contribution is -2.47. The van der Waals surface area contributed by atoms with Gasteiger partial charge in [0.05, 0.1) is 24.9 Å². The minimum atomic E-state index is 0.217. The smallest absolute Gasteiger partial charge is 0.191 e. The quantitative estimate of drug-likeness (QED) is 0.435. The predicted molar refractivity (Wildman–Crippen MR) is 105 cm³/mol. The van der Waals surface area contributed by atoms with E-state index in [2.05, 4.69) is 45.2 Å². The maximum absolute atomic E-state index is 6.00. The van der Waals surface area contributed by atoms with Crippen LogP contribution in [0.15, 0.2) is 11.1 Å². The molecule has 0 aromatic carbocycles. The van der Waals surface area contributed by atoms with E-state index in [9.17, 15) is 0 Å². The first kappa shape index (κ1) is 19.2. The van der Waals surface area contributed by atoms with Crippen LogP contribution in [0.3, 0.4) is 0 Å². The summed E-state index contributed by atoms with van der Waals surface area (Å²) in [7, 11) is 0. The largest absolute Gasteiger partial charge is 0.373 e. The van der Waals surface area contributed by atoms with Crippen LogP contribution in [-0.2, 0) is 11.3 Å². The Hall–Kier alpha value is -1.60. The van der Waals surface area contributed by atoms with Crippen LogP contribution in [0.5, 0.6) is 0 Å². The molecule has 3 heterocycles. The summed E-state index contributed by atoms with van der Waals surface area (Å²) in [5.74, 6) is 0.882. The van der Waals surface area contributed by atoms with Crippen LogP contribution in [0.25, 0.3) is 0 Å². The van der Waals surface area contributed by atoms with E-state index in [1.54, 1.807) is 0 Å². The summed E-state index contributed by atoms with van der Waals surface area (Å²) in [6.07, 6.45) is 3.83. The number of rotatable bonds is 7. The van der Waals surface area contributed by atoms with Gasteiger partial charge in [-0.2, -0.15) is 5.10 Å². The lowest BCUT2D eigenvalue weighted by atomic mass is 10.2. The van der Waals surface area contributed by atoms with Crippen LogP contribution < -0.4 is 10.6 Å². The number of fused-ring (bicyclic) bond motifs is 1. The van der Waals surface area contributed by atoms with Crippen molar-refractivity contribution in [2.75, 3.05) is 39.3 Å². The van der Waals surface area contributed by atoms with Crippen molar-refractivity contribution >= 4 is 5.96 Å². The molecule has 2 atom stereocenters. The molecule has 7 heteroatoms. The standard InChI is InChI=1S/C19H34N6O/c1-4-20-19(21-8-6-10-25-16(3)11-15(2)23-25)22-12-18-13-24-9-5-7-17(24)14-26-18/h11,17-18H,4-10,12-14H2,1-3H3,(H2,20,21,22). The Kier molecular flexibility index (Phi) is 6.91. The van der Waals surface area contributed by atoms with Crippen LogP contribution in [0.1, 0.15) is 37.6 Å². The number of nitrogens with one attached hydrogen (secondary N) is 2. The van der Waals surface area contributed by atoms with Gasteiger partial charge in [-0.15, -0.1) is 0 Å². The number of guanidine groups is 1. The topological polar surface area (TPSA) is 66.7 Å². The number of aryl methyl sites for hydroxylation is 3. The average Bonchev–Trinajstić information content (AvgIpc) is 3.21. The summed E-state index contributed by atoms with van der Waals surface area (Å²) in [6.45, 7) is 12.7. The Labute approximate surface area is 157 Å². The van der Waals surface area contributed by atoms with Crippen LogP contribution in [-0.4, -0.2) is 72.1 Å². The van der Waals surface area contributed by atoms with Gasteiger partial charge in [-0.25, -0.2) is 0 Å². The molecule has 2 unspecified atom stereocenters. The number of ether oxygens (including phenoxy) is 1. The fraction of sp³-hybridized carbons (Fsp3) is 0.789. The molecular formula is C19H34N6O. The van der Waals surface area contributed by atoms with Crippen LogP contribution in [0.4, 0.5) is 0 Å². The number of morpholine rings is 1. The molecule has 0 radical (unpaired) electrons.